The average Bonchev–Trinajstić information content (AvgIpc) is 2.00. The Labute approximate surface area is 86.2 Å². The maximum atomic E-state index is 11.2. The summed E-state index contributed by atoms with van der Waals surface area (Å²) < 4.78 is 21.7. The molecule has 0 spiro atoms. The van der Waals surface area contributed by atoms with Crippen LogP contribution in [0.15, 0.2) is 0 Å². The van der Waals surface area contributed by atoms with Crippen molar-refractivity contribution >= 4 is 15.6 Å². The zero-order chi connectivity index (χ0) is 11.2. The molecule has 14 heavy (non-hydrogen) atoms. The molecular weight excluding hydrogens is 202 g/mol. The molecule has 0 radical (unpaired) electrons. The van der Waals surface area contributed by atoms with Gasteiger partial charge >= 0.3 is 0 Å². The number of carbonyl (C=O) groups excluding carboxylic acids is 1. The lowest BCUT2D eigenvalue weighted by Gasteiger charge is -2.14. The fourth-order valence-electron chi connectivity index (χ4n) is 1.06. The van der Waals surface area contributed by atoms with E-state index < -0.39 is 9.84 Å². The van der Waals surface area contributed by atoms with Gasteiger partial charge in [-0.05, 0) is 13.5 Å². The molecule has 0 saturated heterocycles. The van der Waals surface area contributed by atoms with E-state index in [0.29, 0.717) is 19.5 Å². The summed E-state index contributed by atoms with van der Waals surface area (Å²) in [5, 5.41) is 0. The Kier molecular flexibility index (Phi) is 5.95. The van der Waals surface area contributed by atoms with Crippen LogP contribution in [-0.2, 0) is 14.6 Å². The van der Waals surface area contributed by atoms with Crippen LogP contribution in [0.4, 0.5) is 0 Å². The molecular formula is C9H19NO3S. The number of hydrogen-bond acceptors (Lipinski definition) is 4. The molecule has 0 amide bonds. The Balaban J connectivity index is 3.76. The van der Waals surface area contributed by atoms with E-state index in [4.69, 9.17) is 0 Å². The van der Waals surface area contributed by atoms with Gasteiger partial charge in [-0.1, -0.05) is 6.92 Å². The summed E-state index contributed by atoms with van der Waals surface area (Å²) in [5.74, 6) is 0.284. The number of hydrogen-bond donors (Lipinski definition) is 0. The molecule has 0 N–H and O–H groups in total. The molecule has 0 bridgehead atoms. The zero-order valence-electron chi connectivity index (χ0n) is 9.12. The molecule has 0 atom stereocenters. The second kappa shape index (κ2) is 6.14. The molecule has 5 heteroatoms. The third-order valence-electron chi connectivity index (χ3n) is 1.82. The molecule has 84 valence electrons. The molecule has 0 aromatic heterocycles. The molecule has 0 rings (SSSR count). The van der Waals surface area contributed by atoms with Gasteiger partial charge in [0, 0.05) is 19.2 Å². The van der Waals surface area contributed by atoms with Gasteiger partial charge in [0.2, 0.25) is 0 Å². The fourth-order valence-corrected chi connectivity index (χ4v) is 1.70. The topological polar surface area (TPSA) is 54.5 Å². The van der Waals surface area contributed by atoms with E-state index in [1.807, 2.05) is 6.92 Å². The second-order valence-corrected chi connectivity index (χ2v) is 5.92. The van der Waals surface area contributed by atoms with E-state index in [0.717, 1.165) is 6.42 Å². The lowest BCUT2D eigenvalue weighted by Crippen LogP contribution is -2.30. The summed E-state index contributed by atoms with van der Waals surface area (Å²) in [6.07, 6.45) is 2.62. The SMILES string of the molecule is CCCC(=O)CN(C)CCS(C)(=O)=O. The zero-order valence-corrected chi connectivity index (χ0v) is 9.93. The molecule has 0 aromatic rings. The molecule has 0 aromatic carbocycles. The lowest BCUT2D eigenvalue weighted by molar-refractivity contribution is -0.119. The molecule has 0 saturated carbocycles. The molecule has 0 heterocycles. The third kappa shape index (κ3) is 8.19. The Morgan fingerprint density at radius 3 is 2.36 bits per heavy atom. The maximum Gasteiger partial charge on any atom is 0.148 e. The minimum atomic E-state index is -2.92. The van der Waals surface area contributed by atoms with Gasteiger partial charge in [-0.15, -0.1) is 0 Å². The van der Waals surface area contributed by atoms with E-state index in [9.17, 15) is 13.2 Å². The van der Waals surface area contributed by atoms with Crippen LogP contribution >= 0.6 is 0 Å². The number of Topliss-reactive ketones (excluding diaryl/α,β-unsaturated/α-hetero) is 1. The summed E-state index contributed by atoms with van der Waals surface area (Å²) in [6.45, 7) is 2.73. The first-order valence-electron chi connectivity index (χ1n) is 4.73. The van der Waals surface area contributed by atoms with Crippen molar-refractivity contribution in [2.24, 2.45) is 0 Å². The molecule has 0 aliphatic carbocycles. The van der Waals surface area contributed by atoms with Crippen LogP contribution in [-0.4, -0.2) is 51.2 Å². The number of ketones is 1. The van der Waals surface area contributed by atoms with E-state index in [2.05, 4.69) is 0 Å². The van der Waals surface area contributed by atoms with Crippen molar-refractivity contribution in [1.82, 2.24) is 4.90 Å². The number of nitrogens with zero attached hydrogens (tertiary/aromatic N) is 1. The Bertz CT molecular complexity index is 272. The fraction of sp³-hybridized carbons (Fsp3) is 0.889. The van der Waals surface area contributed by atoms with Crippen LogP contribution in [0.2, 0.25) is 0 Å². The van der Waals surface area contributed by atoms with Gasteiger partial charge in [0.25, 0.3) is 0 Å². The Morgan fingerprint density at radius 2 is 1.93 bits per heavy atom. The van der Waals surface area contributed by atoms with Gasteiger partial charge in [-0.3, -0.25) is 9.69 Å². The van der Waals surface area contributed by atoms with Crippen LogP contribution in [0.25, 0.3) is 0 Å². The highest BCUT2D eigenvalue weighted by atomic mass is 32.2. The molecule has 0 unspecified atom stereocenters. The molecule has 0 aliphatic rings. The highest BCUT2D eigenvalue weighted by Gasteiger charge is 2.08. The lowest BCUT2D eigenvalue weighted by atomic mass is 10.2. The molecule has 0 aliphatic heterocycles. The maximum absolute atomic E-state index is 11.2. The summed E-state index contributed by atoms with van der Waals surface area (Å²) in [5.41, 5.74) is 0. The minimum absolute atomic E-state index is 0.114. The monoisotopic (exact) mass is 221 g/mol. The van der Waals surface area contributed by atoms with Crippen molar-refractivity contribution < 1.29 is 13.2 Å². The number of carbonyl (C=O) groups is 1. The van der Waals surface area contributed by atoms with Gasteiger partial charge in [-0.2, -0.15) is 0 Å². The molecule has 4 nitrogen and oxygen atoms in total. The van der Waals surface area contributed by atoms with Crippen LogP contribution in [0, 0.1) is 0 Å². The van der Waals surface area contributed by atoms with E-state index in [1.165, 1.54) is 6.26 Å². The summed E-state index contributed by atoms with van der Waals surface area (Å²) >= 11 is 0. The minimum Gasteiger partial charge on any atom is -0.298 e. The average molecular weight is 221 g/mol. The van der Waals surface area contributed by atoms with E-state index in [-0.39, 0.29) is 11.5 Å². The van der Waals surface area contributed by atoms with Crippen LogP contribution in [0.3, 0.4) is 0 Å². The Hall–Kier alpha value is -0.420. The molecule has 0 fully saturated rings. The summed E-state index contributed by atoms with van der Waals surface area (Å²) in [4.78, 5) is 12.9. The van der Waals surface area contributed by atoms with E-state index in [1.54, 1.807) is 11.9 Å². The normalized spacial score (nSPS) is 12.0. The first-order valence-corrected chi connectivity index (χ1v) is 6.79. The number of sulfone groups is 1. The van der Waals surface area contributed by atoms with Crippen molar-refractivity contribution in [1.29, 1.82) is 0 Å². The highest BCUT2D eigenvalue weighted by Crippen LogP contribution is 1.93. The van der Waals surface area contributed by atoms with Gasteiger partial charge in [0.1, 0.15) is 15.6 Å². The predicted octanol–water partition coefficient (Wildman–Crippen LogP) is 0.332. The van der Waals surface area contributed by atoms with Crippen molar-refractivity contribution in [3.63, 3.8) is 0 Å². The van der Waals surface area contributed by atoms with Crippen molar-refractivity contribution in [3.8, 4) is 0 Å². The van der Waals surface area contributed by atoms with Gasteiger partial charge < -0.3 is 0 Å². The van der Waals surface area contributed by atoms with Gasteiger partial charge in [-0.25, -0.2) is 8.42 Å². The largest absolute Gasteiger partial charge is 0.298 e. The number of rotatable bonds is 7. The van der Waals surface area contributed by atoms with Crippen molar-refractivity contribution in [2.75, 3.05) is 32.1 Å². The highest BCUT2D eigenvalue weighted by molar-refractivity contribution is 7.90. The summed E-state index contributed by atoms with van der Waals surface area (Å²) in [7, 11) is -1.16. The van der Waals surface area contributed by atoms with E-state index >= 15 is 0 Å². The smallest absolute Gasteiger partial charge is 0.148 e. The standard InChI is InChI=1S/C9H19NO3S/c1-4-5-9(11)8-10(2)6-7-14(3,12)13/h4-8H2,1-3H3. The van der Waals surface area contributed by atoms with Gasteiger partial charge in [0.15, 0.2) is 0 Å². The first-order chi connectivity index (χ1) is 6.35. The Morgan fingerprint density at radius 1 is 1.36 bits per heavy atom. The quantitative estimate of drug-likeness (QED) is 0.622. The number of likely N-dealkylation sites (N-methyl/N-ethyl adjacent to an activating group) is 1. The van der Waals surface area contributed by atoms with Crippen LogP contribution in [0.5, 0.6) is 0 Å². The van der Waals surface area contributed by atoms with Crippen molar-refractivity contribution in [3.05, 3.63) is 0 Å². The van der Waals surface area contributed by atoms with Gasteiger partial charge in [0.05, 0.1) is 12.3 Å². The third-order valence-corrected chi connectivity index (χ3v) is 2.74. The summed E-state index contributed by atoms with van der Waals surface area (Å²) in [6, 6.07) is 0. The second-order valence-electron chi connectivity index (χ2n) is 3.66. The van der Waals surface area contributed by atoms with Crippen LogP contribution in [0.1, 0.15) is 19.8 Å². The van der Waals surface area contributed by atoms with Crippen molar-refractivity contribution in [2.45, 2.75) is 19.8 Å². The first kappa shape index (κ1) is 13.6. The van der Waals surface area contributed by atoms with Crippen LogP contribution < -0.4 is 0 Å². The predicted molar refractivity (Wildman–Crippen MR) is 57.1 cm³/mol.